The third-order valence-electron chi connectivity index (χ3n) is 2.76. The molecule has 2 N–H and O–H groups in total. The van der Waals surface area contributed by atoms with Crippen LogP contribution in [0.3, 0.4) is 0 Å². The highest BCUT2D eigenvalue weighted by Crippen LogP contribution is 2.26. The number of nitriles is 1. The van der Waals surface area contributed by atoms with Crippen molar-refractivity contribution in [2.24, 2.45) is 0 Å². The molecule has 3 rings (SSSR count). The molecule has 18 heavy (non-hydrogen) atoms. The summed E-state index contributed by atoms with van der Waals surface area (Å²) in [4.78, 5) is 21.2. The fraction of sp³-hybridized carbons (Fsp3) is 0. The quantitative estimate of drug-likeness (QED) is 0.675. The van der Waals surface area contributed by atoms with Gasteiger partial charge in [0.2, 0.25) is 0 Å². The van der Waals surface area contributed by atoms with Gasteiger partial charge in [-0.1, -0.05) is 30.3 Å². The summed E-state index contributed by atoms with van der Waals surface area (Å²) in [6, 6.07) is 11.5. The molecule has 86 valence electrons. The molecule has 0 aliphatic rings. The summed E-state index contributed by atoms with van der Waals surface area (Å²) in [7, 11) is 0. The molecule has 0 saturated heterocycles. The van der Waals surface area contributed by atoms with Crippen LogP contribution in [0.15, 0.2) is 41.5 Å². The van der Waals surface area contributed by atoms with Crippen molar-refractivity contribution in [3.8, 4) is 17.3 Å². The Morgan fingerprint density at radius 2 is 2.00 bits per heavy atom. The number of nitrogens with zero attached hydrogens (tertiary/aromatic N) is 2. The van der Waals surface area contributed by atoms with E-state index >= 15 is 0 Å². The highest BCUT2D eigenvalue weighted by Gasteiger charge is 2.15. The Bertz CT molecular complexity index is 808. The largest absolute Gasteiger partial charge is 0.348 e. The molecule has 0 aliphatic carbocycles. The van der Waals surface area contributed by atoms with Crippen molar-refractivity contribution in [1.29, 1.82) is 5.26 Å². The number of hydrogen-bond donors (Lipinski definition) is 2. The van der Waals surface area contributed by atoms with Crippen molar-refractivity contribution in [3.05, 3.63) is 52.6 Å². The van der Waals surface area contributed by atoms with Crippen LogP contribution in [0.5, 0.6) is 0 Å². The summed E-state index contributed by atoms with van der Waals surface area (Å²) in [6.07, 6.45) is 1.30. The van der Waals surface area contributed by atoms with Crippen LogP contribution in [0.2, 0.25) is 0 Å². The average Bonchev–Trinajstić information content (AvgIpc) is 2.80. The summed E-state index contributed by atoms with van der Waals surface area (Å²) in [5.41, 5.74) is 2.32. The van der Waals surface area contributed by atoms with Crippen LogP contribution >= 0.6 is 0 Å². The second kappa shape index (κ2) is 3.86. The Hall–Kier alpha value is -2.87. The van der Waals surface area contributed by atoms with Crippen molar-refractivity contribution < 1.29 is 0 Å². The third kappa shape index (κ3) is 1.40. The number of rotatable bonds is 1. The van der Waals surface area contributed by atoms with E-state index in [1.807, 2.05) is 30.3 Å². The summed E-state index contributed by atoms with van der Waals surface area (Å²) in [6.45, 7) is 0. The van der Waals surface area contributed by atoms with Crippen LogP contribution in [-0.4, -0.2) is 15.0 Å². The van der Waals surface area contributed by atoms with Gasteiger partial charge in [-0.25, -0.2) is 4.98 Å². The standard InChI is InChI=1S/C13H8N4O/c14-6-9-10(8-4-2-1-3-5-8)17-12-11(9)15-7-16-13(12)18/h1-5,7,17H,(H,15,16,18). The maximum Gasteiger partial charge on any atom is 0.275 e. The average molecular weight is 236 g/mol. The molecule has 2 aromatic heterocycles. The molecule has 3 aromatic rings. The highest BCUT2D eigenvalue weighted by molar-refractivity contribution is 5.89. The zero-order valence-electron chi connectivity index (χ0n) is 9.27. The molecule has 5 heteroatoms. The van der Waals surface area contributed by atoms with Gasteiger partial charge in [0.25, 0.3) is 5.56 Å². The molecular formula is C13H8N4O. The third-order valence-corrected chi connectivity index (χ3v) is 2.76. The van der Waals surface area contributed by atoms with Crippen molar-refractivity contribution in [2.45, 2.75) is 0 Å². The molecule has 0 fully saturated rings. The SMILES string of the molecule is N#Cc1c(-c2ccccc2)[nH]c2c(=O)[nH]cnc12. The van der Waals surface area contributed by atoms with Gasteiger partial charge in [0.1, 0.15) is 22.7 Å². The Kier molecular flexibility index (Phi) is 2.21. The van der Waals surface area contributed by atoms with Gasteiger partial charge in [0.15, 0.2) is 0 Å². The second-order valence-electron chi connectivity index (χ2n) is 3.81. The maximum atomic E-state index is 11.7. The van der Waals surface area contributed by atoms with Crippen LogP contribution in [-0.2, 0) is 0 Å². The topological polar surface area (TPSA) is 85.3 Å². The van der Waals surface area contributed by atoms with E-state index in [1.165, 1.54) is 6.33 Å². The second-order valence-corrected chi connectivity index (χ2v) is 3.81. The van der Waals surface area contributed by atoms with Gasteiger partial charge >= 0.3 is 0 Å². The van der Waals surface area contributed by atoms with E-state index in [0.29, 0.717) is 22.3 Å². The lowest BCUT2D eigenvalue weighted by atomic mass is 10.1. The first kappa shape index (κ1) is 10.3. The summed E-state index contributed by atoms with van der Waals surface area (Å²) in [5, 5.41) is 9.24. The Morgan fingerprint density at radius 1 is 1.22 bits per heavy atom. The molecule has 2 heterocycles. The van der Waals surface area contributed by atoms with Gasteiger partial charge < -0.3 is 9.97 Å². The fourth-order valence-electron chi connectivity index (χ4n) is 1.94. The lowest BCUT2D eigenvalue weighted by Crippen LogP contribution is -2.05. The smallest absolute Gasteiger partial charge is 0.275 e. The van der Waals surface area contributed by atoms with Gasteiger partial charge in [-0.3, -0.25) is 4.79 Å². The number of benzene rings is 1. The number of aromatic amines is 2. The minimum absolute atomic E-state index is 0.279. The molecule has 5 nitrogen and oxygen atoms in total. The number of H-pyrrole nitrogens is 2. The Labute approximate surface area is 102 Å². The molecule has 0 spiro atoms. The van der Waals surface area contributed by atoms with Gasteiger partial charge in [-0.05, 0) is 5.56 Å². The predicted octanol–water partition coefficient (Wildman–Crippen LogP) is 1.79. The van der Waals surface area contributed by atoms with E-state index in [4.69, 9.17) is 0 Å². The lowest BCUT2D eigenvalue weighted by molar-refractivity contribution is 1.16. The van der Waals surface area contributed by atoms with Crippen molar-refractivity contribution in [3.63, 3.8) is 0 Å². The number of fused-ring (bicyclic) bond motifs is 1. The van der Waals surface area contributed by atoms with E-state index in [9.17, 15) is 10.1 Å². The zero-order valence-corrected chi connectivity index (χ0v) is 9.27. The molecule has 0 bridgehead atoms. The minimum atomic E-state index is -0.279. The Morgan fingerprint density at radius 3 is 2.72 bits per heavy atom. The molecule has 0 saturated carbocycles. The van der Waals surface area contributed by atoms with Gasteiger partial charge in [0, 0.05) is 0 Å². The van der Waals surface area contributed by atoms with E-state index in [1.54, 1.807) is 0 Å². The van der Waals surface area contributed by atoms with Crippen LogP contribution in [0, 0.1) is 11.3 Å². The van der Waals surface area contributed by atoms with E-state index in [2.05, 4.69) is 21.0 Å². The molecule has 0 amide bonds. The molecule has 0 radical (unpaired) electrons. The van der Waals surface area contributed by atoms with Crippen molar-refractivity contribution in [1.82, 2.24) is 15.0 Å². The van der Waals surface area contributed by atoms with Crippen LogP contribution in [0.1, 0.15) is 5.56 Å². The summed E-state index contributed by atoms with van der Waals surface area (Å²) < 4.78 is 0. The van der Waals surface area contributed by atoms with E-state index in [-0.39, 0.29) is 5.56 Å². The monoisotopic (exact) mass is 236 g/mol. The fourth-order valence-corrected chi connectivity index (χ4v) is 1.94. The van der Waals surface area contributed by atoms with Crippen molar-refractivity contribution in [2.75, 3.05) is 0 Å². The van der Waals surface area contributed by atoms with Gasteiger partial charge in [-0.15, -0.1) is 0 Å². The zero-order chi connectivity index (χ0) is 12.5. The predicted molar refractivity (Wildman–Crippen MR) is 66.9 cm³/mol. The van der Waals surface area contributed by atoms with Crippen LogP contribution < -0.4 is 5.56 Å². The highest BCUT2D eigenvalue weighted by atomic mass is 16.1. The maximum absolute atomic E-state index is 11.7. The molecule has 0 aliphatic heterocycles. The van der Waals surface area contributed by atoms with Gasteiger partial charge in [0.05, 0.1) is 12.0 Å². The lowest BCUT2D eigenvalue weighted by Gasteiger charge is -1.97. The first-order valence-electron chi connectivity index (χ1n) is 5.36. The first-order chi connectivity index (χ1) is 8.81. The van der Waals surface area contributed by atoms with Gasteiger partial charge in [-0.2, -0.15) is 5.26 Å². The first-order valence-corrected chi connectivity index (χ1v) is 5.36. The number of aromatic nitrogens is 3. The molecule has 1 aromatic carbocycles. The summed E-state index contributed by atoms with van der Waals surface area (Å²) in [5.74, 6) is 0. The summed E-state index contributed by atoms with van der Waals surface area (Å²) >= 11 is 0. The van der Waals surface area contributed by atoms with Crippen LogP contribution in [0.25, 0.3) is 22.3 Å². The van der Waals surface area contributed by atoms with E-state index < -0.39 is 0 Å². The normalized spacial score (nSPS) is 10.4. The van der Waals surface area contributed by atoms with Crippen LogP contribution in [0.4, 0.5) is 0 Å². The number of hydrogen-bond acceptors (Lipinski definition) is 3. The number of nitrogens with one attached hydrogen (secondary N) is 2. The molecular weight excluding hydrogens is 228 g/mol. The van der Waals surface area contributed by atoms with E-state index in [0.717, 1.165) is 5.56 Å². The van der Waals surface area contributed by atoms with Crippen molar-refractivity contribution >= 4 is 11.0 Å². The minimum Gasteiger partial charge on any atom is -0.348 e. The molecule has 0 atom stereocenters. The Balaban J connectivity index is 2.42. The molecule has 0 unspecified atom stereocenters.